The van der Waals surface area contributed by atoms with Gasteiger partial charge in [0.15, 0.2) is 0 Å². The monoisotopic (exact) mass is 375 g/mol. The highest BCUT2D eigenvalue weighted by Gasteiger charge is 2.21. The van der Waals surface area contributed by atoms with E-state index in [0.717, 1.165) is 13.0 Å². The molecular weight excluding hydrogens is 330 g/mol. The summed E-state index contributed by atoms with van der Waals surface area (Å²) in [6, 6.07) is 5.18. The minimum atomic E-state index is -1.06. The number of ether oxygens (including phenoxy) is 1. The van der Waals surface area contributed by atoms with Crippen molar-refractivity contribution in [2.45, 2.75) is 103 Å². The molecule has 0 radical (unpaired) electrons. The van der Waals surface area contributed by atoms with Crippen LogP contribution in [0.3, 0.4) is 0 Å². The van der Waals surface area contributed by atoms with Gasteiger partial charge in [0.05, 0.1) is 12.7 Å². The molecule has 0 aliphatic carbocycles. The minimum absolute atomic E-state index is 0.382. The van der Waals surface area contributed by atoms with E-state index in [-0.39, 0.29) is 6.10 Å². The van der Waals surface area contributed by atoms with E-state index < -0.39 is 16.1 Å². The van der Waals surface area contributed by atoms with Crippen molar-refractivity contribution in [2.75, 3.05) is 19.8 Å². The average Bonchev–Trinajstić information content (AvgIpc) is 2.41. The smallest absolute Gasteiger partial charge is 0.0900 e. The van der Waals surface area contributed by atoms with E-state index in [1.807, 2.05) is 0 Å². The van der Waals surface area contributed by atoms with Crippen LogP contribution in [-0.2, 0) is 4.74 Å². The topological polar surface area (TPSA) is 32.7 Å². The largest absolute Gasteiger partial charge is 0.389 e. The molecule has 0 fully saturated rings. The third-order valence-corrected chi connectivity index (χ3v) is 10.3. The minimum Gasteiger partial charge on any atom is -0.389 e. The fraction of sp³-hybridized carbons (Fsp3) is 1.00. The van der Waals surface area contributed by atoms with Crippen LogP contribution in [0.5, 0.6) is 0 Å². The van der Waals surface area contributed by atoms with Crippen molar-refractivity contribution < 1.29 is 9.84 Å². The van der Waals surface area contributed by atoms with Gasteiger partial charge in [0, 0.05) is 33.3 Å². The Morgan fingerprint density at radius 3 is 2.00 bits per heavy atom. The Labute approximate surface area is 154 Å². The SMILES string of the molecule is CC(C)N(CC(O)COCCC[Si](C)(C)CC[Si-](C)(C)C)C(C)C. The van der Waals surface area contributed by atoms with E-state index in [2.05, 4.69) is 65.3 Å². The molecule has 0 bridgehead atoms. The molecule has 0 aromatic heterocycles. The van der Waals surface area contributed by atoms with Gasteiger partial charge < -0.3 is 9.84 Å². The molecule has 0 aromatic rings. The summed E-state index contributed by atoms with van der Waals surface area (Å²) in [7, 11) is -1.97. The van der Waals surface area contributed by atoms with Crippen molar-refractivity contribution in [1.82, 2.24) is 4.90 Å². The van der Waals surface area contributed by atoms with Gasteiger partial charge in [0.2, 0.25) is 0 Å². The second kappa shape index (κ2) is 11.1. The Morgan fingerprint density at radius 1 is 1.00 bits per heavy atom. The highest BCUT2D eigenvalue weighted by molar-refractivity contribution is 6.82. The molecule has 0 aromatic carbocycles. The number of rotatable bonds is 13. The molecular formula is C19H45NO2Si2-. The summed E-state index contributed by atoms with van der Waals surface area (Å²) in [6.45, 7) is 23.1. The Hall–Kier alpha value is 0.314. The Balaban J connectivity index is 3.92. The van der Waals surface area contributed by atoms with Crippen LogP contribution < -0.4 is 0 Å². The van der Waals surface area contributed by atoms with Crippen molar-refractivity contribution in [3.8, 4) is 0 Å². The predicted octanol–water partition coefficient (Wildman–Crippen LogP) is 4.92. The zero-order valence-electron chi connectivity index (χ0n) is 18.0. The Bertz CT molecular complexity index is 320. The van der Waals surface area contributed by atoms with Crippen molar-refractivity contribution in [2.24, 2.45) is 0 Å². The Morgan fingerprint density at radius 2 is 1.54 bits per heavy atom. The molecule has 0 rings (SSSR count). The number of aliphatic hydroxyl groups excluding tert-OH is 1. The highest BCUT2D eigenvalue weighted by Crippen LogP contribution is 2.24. The second-order valence-corrected chi connectivity index (χ2v) is 20.9. The normalized spacial score (nSPS) is 14.9. The fourth-order valence-electron chi connectivity index (χ4n) is 3.02. The van der Waals surface area contributed by atoms with E-state index in [4.69, 9.17) is 4.74 Å². The van der Waals surface area contributed by atoms with E-state index in [1.54, 1.807) is 0 Å². The molecule has 5 heteroatoms. The molecule has 0 saturated carbocycles. The zero-order chi connectivity index (χ0) is 19.0. The van der Waals surface area contributed by atoms with Crippen LogP contribution in [0.1, 0.15) is 34.1 Å². The third-order valence-electron chi connectivity index (χ3n) is 4.75. The van der Waals surface area contributed by atoms with E-state index >= 15 is 0 Å². The molecule has 24 heavy (non-hydrogen) atoms. The van der Waals surface area contributed by atoms with Crippen LogP contribution in [0.15, 0.2) is 0 Å². The molecule has 3 nitrogen and oxygen atoms in total. The van der Waals surface area contributed by atoms with Crippen molar-refractivity contribution in [3.63, 3.8) is 0 Å². The van der Waals surface area contributed by atoms with Crippen LogP contribution in [0.2, 0.25) is 50.9 Å². The maximum absolute atomic E-state index is 10.2. The third kappa shape index (κ3) is 12.6. The van der Waals surface area contributed by atoms with Gasteiger partial charge in [-0.15, -0.1) is 0 Å². The lowest BCUT2D eigenvalue weighted by Crippen LogP contribution is -2.43. The second-order valence-electron chi connectivity index (χ2n) is 9.94. The first-order valence-corrected chi connectivity index (χ1v) is 17.0. The standard InChI is InChI=1S/C19H45NO2Si2/c1-17(2)20(18(3)4)15-19(21)16-22-11-10-12-24(8,9)14-13-23(5,6)7/h17-19,21H,10-16H2,1-9H3/q-1. The summed E-state index contributed by atoms with van der Waals surface area (Å²) in [4.78, 5) is 2.32. The summed E-state index contributed by atoms with van der Waals surface area (Å²) in [5.74, 6) is 0. The lowest BCUT2D eigenvalue weighted by Gasteiger charge is -2.33. The van der Waals surface area contributed by atoms with Crippen LogP contribution in [-0.4, -0.2) is 64.1 Å². The molecule has 0 amide bonds. The highest BCUT2D eigenvalue weighted by atomic mass is 28.3. The predicted molar refractivity (Wildman–Crippen MR) is 114 cm³/mol. The van der Waals surface area contributed by atoms with Gasteiger partial charge in [-0.25, -0.2) is 0 Å². The number of hydrogen-bond donors (Lipinski definition) is 1. The van der Waals surface area contributed by atoms with Crippen molar-refractivity contribution >= 4 is 16.1 Å². The van der Waals surface area contributed by atoms with E-state index in [0.29, 0.717) is 25.2 Å². The maximum atomic E-state index is 10.2. The van der Waals surface area contributed by atoms with E-state index in [9.17, 15) is 5.11 Å². The number of aliphatic hydroxyl groups is 1. The summed E-state index contributed by atoms with van der Waals surface area (Å²) < 4.78 is 5.75. The fourth-order valence-corrected chi connectivity index (χ4v) is 10.1. The van der Waals surface area contributed by atoms with Crippen LogP contribution in [0.25, 0.3) is 0 Å². The average molecular weight is 376 g/mol. The first-order chi connectivity index (χ1) is 10.8. The lowest BCUT2D eigenvalue weighted by atomic mass is 10.2. The molecule has 0 spiro atoms. The van der Waals surface area contributed by atoms with E-state index in [1.165, 1.54) is 18.1 Å². The molecule has 147 valence electrons. The summed E-state index contributed by atoms with van der Waals surface area (Å²) >= 11 is 0. The quantitative estimate of drug-likeness (QED) is 0.366. The maximum Gasteiger partial charge on any atom is 0.0900 e. The van der Waals surface area contributed by atoms with Crippen molar-refractivity contribution in [3.05, 3.63) is 0 Å². The van der Waals surface area contributed by atoms with Crippen LogP contribution in [0.4, 0.5) is 0 Å². The van der Waals surface area contributed by atoms with Gasteiger partial charge in [-0.1, -0.05) is 25.2 Å². The Kier molecular flexibility index (Phi) is 11.3. The number of nitrogens with zero attached hydrogens (tertiary/aromatic N) is 1. The summed E-state index contributed by atoms with van der Waals surface area (Å²) in [5.41, 5.74) is 0. The molecule has 1 unspecified atom stereocenters. The van der Waals surface area contributed by atoms with Gasteiger partial charge >= 0.3 is 0 Å². The first kappa shape index (κ1) is 24.3. The zero-order valence-corrected chi connectivity index (χ0v) is 20.0. The van der Waals surface area contributed by atoms with Gasteiger partial charge in [-0.05, 0) is 34.1 Å². The van der Waals surface area contributed by atoms with Gasteiger partial charge in [0.25, 0.3) is 0 Å². The van der Waals surface area contributed by atoms with Crippen molar-refractivity contribution in [1.29, 1.82) is 0 Å². The molecule has 1 atom stereocenters. The number of hydrogen-bond acceptors (Lipinski definition) is 3. The molecule has 0 saturated heterocycles. The van der Waals surface area contributed by atoms with Crippen LogP contribution in [0, 0.1) is 0 Å². The first-order valence-electron chi connectivity index (χ1n) is 9.85. The summed E-state index contributed by atoms with van der Waals surface area (Å²) in [5, 5.41) is 10.2. The van der Waals surface area contributed by atoms with Gasteiger partial charge in [0.1, 0.15) is 0 Å². The van der Waals surface area contributed by atoms with Gasteiger partial charge in [-0.3, -0.25) is 4.90 Å². The molecule has 0 aliphatic rings. The summed E-state index contributed by atoms with van der Waals surface area (Å²) in [6.07, 6.45) is 0.766. The lowest BCUT2D eigenvalue weighted by molar-refractivity contribution is 0.00432. The molecule has 0 heterocycles. The molecule has 1 N–H and O–H groups in total. The molecule has 0 aliphatic heterocycles. The van der Waals surface area contributed by atoms with Gasteiger partial charge in [-0.2, -0.15) is 33.8 Å². The van der Waals surface area contributed by atoms with Crippen LogP contribution >= 0.6 is 0 Å².